The SMILES string of the molecule is Cc1cccc(Nc2c(C#N)sc3c2ccc(=O)n3CC2CC2)c1. The number of hydrogen-bond donors (Lipinski definition) is 1. The number of pyridine rings is 1. The zero-order chi connectivity index (χ0) is 16.7. The summed E-state index contributed by atoms with van der Waals surface area (Å²) in [6.45, 7) is 2.79. The third-order valence-electron chi connectivity index (χ3n) is 4.36. The van der Waals surface area contributed by atoms with E-state index in [0.717, 1.165) is 33.7 Å². The number of rotatable bonds is 4. The van der Waals surface area contributed by atoms with E-state index in [2.05, 4.69) is 11.4 Å². The van der Waals surface area contributed by atoms with Crippen molar-refractivity contribution in [3.63, 3.8) is 0 Å². The molecule has 0 spiro atoms. The Morgan fingerprint density at radius 3 is 2.88 bits per heavy atom. The molecular weight excluding hydrogens is 318 g/mol. The third kappa shape index (κ3) is 2.70. The van der Waals surface area contributed by atoms with Crippen LogP contribution >= 0.6 is 11.3 Å². The summed E-state index contributed by atoms with van der Waals surface area (Å²) >= 11 is 1.40. The molecule has 5 heteroatoms. The van der Waals surface area contributed by atoms with Crippen molar-refractivity contribution < 1.29 is 0 Å². The maximum atomic E-state index is 12.3. The van der Waals surface area contributed by atoms with E-state index in [4.69, 9.17) is 0 Å². The fourth-order valence-corrected chi connectivity index (χ4v) is 3.99. The molecule has 1 saturated carbocycles. The van der Waals surface area contributed by atoms with Crippen molar-refractivity contribution in [2.45, 2.75) is 26.3 Å². The third-order valence-corrected chi connectivity index (χ3v) is 5.49. The fourth-order valence-electron chi connectivity index (χ4n) is 2.93. The van der Waals surface area contributed by atoms with E-state index in [0.29, 0.717) is 10.8 Å². The lowest BCUT2D eigenvalue weighted by atomic mass is 10.2. The molecule has 4 rings (SSSR count). The van der Waals surface area contributed by atoms with Gasteiger partial charge in [-0.1, -0.05) is 12.1 Å². The van der Waals surface area contributed by atoms with Crippen LogP contribution in [0.3, 0.4) is 0 Å². The van der Waals surface area contributed by atoms with Crippen LogP contribution < -0.4 is 10.9 Å². The number of aryl methyl sites for hydroxylation is 1. The molecule has 1 N–H and O–H groups in total. The van der Waals surface area contributed by atoms with Gasteiger partial charge in [0.1, 0.15) is 15.8 Å². The van der Waals surface area contributed by atoms with E-state index in [1.807, 2.05) is 41.8 Å². The highest BCUT2D eigenvalue weighted by Gasteiger charge is 2.24. The molecule has 0 bridgehead atoms. The standard InChI is InChI=1S/C19H17N3OS/c1-12-3-2-4-14(9-12)21-18-15-7-8-17(23)22(11-13-5-6-13)19(15)24-16(18)10-20/h2-4,7-9,13,21H,5-6,11H2,1H3. The number of benzene rings is 1. The predicted octanol–water partition coefficient (Wildman–Crippen LogP) is 4.40. The van der Waals surface area contributed by atoms with Gasteiger partial charge in [0.25, 0.3) is 5.56 Å². The van der Waals surface area contributed by atoms with Gasteiger partial charge in [0, 0.05) is 23.7 Å². The van der Waals surface area contributed by atoms with Gasteiger partial charge in [0.15, 0.2) is 0 Å². The van der Waals surface area contributed by atoms with Crippen molar-refractivity contribution in [2.75, 3.05) is 5.32 Å². The highest BCUT2D eigenvalue weighted by molar-refractivity contribution is 7.19. The molecule has 1 aliphatic carbocycles. The molecular formula is C19H17N3OS. The molecule has 1 aromatic carbocycles. The number of thiophene rings is 1. The summed E-state index contributed by atoms with van der Waals surface area (Å²) in [5.41, 5.74) is 2.92. The van der Waals surface area contributed by atoms with Gasteiger partial charge in [0.05, 0.1) is 5.69 Å². The maximum Gasteiger partial charge on any atom is 0.251 e. The normalized spacial score (nSPS) is 13.8. The number of fused-ring (bicyclic) bond motifs is 1. The Balaban J connectivity index is 1.85. The molecule has 4 nitrogen and oxygen atoms in total. The second-order valence-electron chi connectivity index (χ2n) is 6.36. The van der Waals surface area contributed by atoms with Gasteiger partial charge >= 0.3 is 0 Å². The molecule has 1 aliphatic rings. The van der Waals surface area contributed by atoms with Gasteiger partial charge in [-0.2, -0.15) is 5.26 Å². The van der Waals surface area contributed by atoms with Crippen LogP contribution in [0.4, 0.5) is 11.4 Å². The Labute approximate surface area is 144 Å². The topological polar surface area (TPSA) is 57.8 Å². The second-order valence-corrected chi connectivity index (χ2v) is 7.36. The minimum atomic E-state index is 0.0160. The van der Waals surface area contributed by atoms with Crippen molar-refractivity contribution in [3.8, 4) is 6.07 Å². The summed E-state index contributed by atoms with van der Waals surface area (Å²) < 4.78 is 1.83. The second kappa shape index (κ2) is 5.81. The van der Waals surface area contributed by atoms with E-state index in [1.165, 1.54) is 24.2 Å². The summed E-state index contributed by atoms with van der Waals surface area (Å²) in [5.74, 6) is 0.606. The minimum Gasteiger partial charge on any atom is -0.353 e. The largest absolute Gasteiger partial charge is 0.353 e. The van der Waals surface area contributed by atoms with Gasteiger partial charge in [-0.3, -0.25) is 9.36 Å². The average molecular weight is 335 g/mol. The molecule has 120 valence electrons. The lowest BCUT2D eigenvalue weighted by molar-refractivity contribution is 0.630. The number of aromatic nitrogens is 1. The van der Waals surface area contributed by atoms with Crippen LogP contribution in [0.5, 0.6) is 0 Å². The molecule has 1 fully saturated rings. The predicted molar refractivity (Wildman–Crippen MR) is 98.0 cm³/mol. The first-order chi connectivity index (χ1) is 11.7. The molecule has 0 aliphatic heterocycles. The Morgan fingerprint density at radius 1 is 1.33 bits per heavy atom. The summed E-state index contributed by atoms with van der Waals surface area (Å²) in [6, 6.07) is 13.8. The number of nitrogens with zero attached hydrogens (tertiary/aromatic N) is 2. The fraction of sp³-hybridized carbons (Fsp3) is 0.263. The Hall–Kier alpha value is -2.58. The van der Waals surface area contributed by atoms with Crippen molar-refractivity contribution in [1.29, 1.82) is 5.26 Å². The molecule has 0 amide bonds. The van der Waals surface area contributed by atoms with E-state index in [-0.39, 0.29) is 5.56 Å². The summed E-state index contributed by atoms with van der Waals surface area (Å²) in [6.07, 6.45) is 2.38. The number of nitrogens with one attached hydrogen (secondary N) is 1. The maximum absolute atomic E-state index is 12.3. The summed E-state index contributed by atoms with van der Waals surface area (Å²) in [5, 5.41) is 13.9. The molecule has 0 unspecified atom stereocenters. The van der Waals surface area contributed by atoms with Crippen molar-refractivity contribution in [1.82, 2.24) is 4.57 Å². The first kappa shape index (κ1) is 15.0. The lowest BCUT2D eigenvalue weighted by Crippen LogP contribution is -2.19. The molecule has 2 aromatic heterocycles. The van der Waals surface area contributed by atoms with Gasteiger partial charge in [-0.15, -0.1) is 11.3 Å². The smallest absolute Gasteiger partial charge is 0.251 e. The number of nitriles is 1. The summed E-state index contributed by atoms with van der Waals surface area (Å²) in [7, 11) is 0. The van der Waals surface area contributed by atoms with Crippen LogP contribution in [0.25, 0.3) is 10.2 Å². The molecule has 2 heterocycles. The average Bonchev–Trinajstić information content (AvgIpc) is 3.32. The molecule has 0 saturated heterocycles. The Morgan fingerprint density at radius 2 is 2.17 bits per heavy atom. The number of anilines is 2. The molecule has 3 aromatic rings. The Kier molecular flexibility index (Phi) is 3.62. The number of hydrogen-bond acceptors (Lipinski definition) is 4. The highest BCUT2D eigenvalue weighted by atomic mass is 32.1. The first-order valence-corrected chi connectivity index (χ1v) is 8.87. The van der Waals surface area contributed by atoms with Crippen LogP contribution in [0.1, 0.15) is 23.3 Å². The minimum absolute atomic E-state index is 0.0160. The van der Waals surface area contributed by atoms with Crippen LogP contribution in [-0.2, 0) is 6.54 Å². The zero-order valence-electron chi connectivity index (χ0n) is 13.4. The van der Waals surface area contributed by atoms with Gasteiger partial charge in [0.2, 0.25) is 0 Å². The van der Waals surface area contributed by atoms with Gasteiger partial charge < -0.3 is 5.32 Å². The quantitative estimate of drug-likeness (QED) is 0.769. The lowest BCUT2D eigenvalue weighted by Gasteiger charge is -2.08. The van der Waals surface area contributed by atoms with Crippen molar-refractivity contribution >= 4 is 32.9 Å². The van der Waals surface area contributed by atoms with Crippen molar-refractivity contribution in [3.05, 3.63) is 57.2 Å². The highest BCUT2D eigenvalue weighted by Crippen LogP contribution is 2.38. The van der Waals surface area contributed by atoms with Gasteiger partial charge in [-0.25, -0.2) is 0 Å². The summed E-state index contributed by atoms with van der Waals surface area (Å²) in [4.78, 5) is 13.8. The van der Waals surface area contributed by atoms with E-state index in [9.17, 15) is 10.1 Å². The monoisotopic (exact) mass is 335 g/mol. The molecule has 0 radical (unpaired) electrons. The van der Waals surface area contributed by atoms with E-state index < -0.39 is 0 Å². The first-order valence-electron chi connectivity index (χ1n) is 8.06. The van der Waals surface area contributed by atoms with E-state index >= 15 is 0 Å². The van der Waals surface area contributed by atoms with Crippen LogP contribution in [0.2, 0.25) is 0 Å². The van der Waals surface area contributed by atoms with Crippen LogP contribution in [-0.4, -0.2) is 4.57 Å². The molecule has 0 atom stereocenters. The van der Waals surface area contributed by atoms with Crippen LogP contribution in [0, 0.1) is 24.2 Å². The van der Waals surface area contributed by atoms with Crippen molar-refractivity contribution in [2.24, 2.45) is 5.92 Å². The van der Waals surface area contributed by atoms with E-state index in [1.54, 1.807) is 6.07 Å². The zero-order valence-corrected chi connectivity index (χ0v) is 14.2. The van der Waals surface area contributed by atoms with Crippen LogP contribution in [0.15, 0.2) is 41.2 Å². The van der Waals surface area contributed by atoms with Gasteiger partial charge in [-0.05, 0) is 49.4 Å². The Bertz CT molecular complexity index is 1020. The molecule has 24 heavy (non-hydrogen) atoms.